The lowest BCUT2D eigenvalue weighted by atomic mass is 10.0. The third kappa shape index (κ3) is 3.61. The Morgan fingerprint density at radius 3 is 2.40 bits per heavy atom. The van der Waals surface area contributed by atoms with Crippen LogP contribution < -0.4 is 0 Å². The topological polar surface area (TPSA) is 74.6 Å². The summed E-state index contributed by atoms with van der Waals surface area (Å²) in [5, 5.41) is 8.55. The molecule has 5 aromatic heterocycles. The fraction of sp³-hybridized carbons (Fsp3) is 0.143. The highest BCUT2D eigenvalue weighted by Crippen LogP contribution is 2.38. The van der Waals surface area contributed by atoms with Crippen molar-refractivity contribution in [2.75, 3.05) is 0 Å². The van der Waals surface area contributed by atoms with Gasteiger partial charge in [0.05, 0.1) is 28.6 Å². The molecule has 172 valence electrons. The molecule has 0 aliphatic rings. The van der Waals surface area contributed by atoms with Gasteiger partial charge in [-0.25, -0.2) is 0 Å². The van der Waals surface area contributed by atoms with Gasteiger partial charge in [-0.15, -0.1) is 0 Å². The maximum absolute atomic E-state index is 5.45. The van der Waals surface area contributed by atoms with Crippen LogP contribution in [-0.4, -0.2) is 29.5 Å². The first-order chi connectivity index (χ1) is 17.1. The monoisotopic (exact) mass is 460 g/mol. The minimum absolute atomic E-state index is 0.132. The lowest BCUT2D eigenvalue weighted by Gasteiger charge is -2.20. The quantitative estimate of drug-likeness (QED) is 0.328. The van der Waals surface area contributed by atoms with Crippen molar-refractivity contribution < 1.29 is 4.52 Å². The fourth-order valence-corrected chi connectivity index (χ4v) is 4.79. The number of hydrogen-bond donors (Lipinski definition) is 0. The number of pyridine rings is 2. The zero-order valence-electron chi connectivity index (χ0n) is 19.8. The van der Waals surface area contributed by atoms with Gasteiger partial charge in [-0.2, -0.15) is 5.10 Å². The van der Waals surface area contributed by atoms with Crippen LogP contribution in [0.4, 0.5) is 0 Å². The van der Waals surface area contributed by atoms with Crippen LogP contribution in [-0.2, 0) is 7.05 Å². The smallest absolute Gasteiger partial charge is 0.141 e. The van der Waals surface area contributed by atoms with E-state index in [9.17, 15) is 0 Å². The largest absolute Gasteiger partial charge is 0.361 e. The third-order valence-electron chi connectivity index (χ3n) is 6.37. The van der Waals surface area contributed by atoms with Gasteiger partial charge >= 0.3 is 0 Å². The van der Waals surface area contributed by atoms with Crippen molar-refractivity contribution in [3.05, 3.63) is 108 Å². The summed E-state index contributed by atoms with van der Waals surface area (Å²) in [7, 11) is 1.92. The van der Waals surface area contributed by atoms with Crippen molar-refractivity contribution >= 4 is 11.0 Å². The third-order valence-corrected chi connectivity index (χ3v) is 6.37. The van der Waals surface area contributed by atoms with Gasteiger partial charge in [0.15, 0.2) is 0 Å². The highest BCUT2D eigenvalue weighted by atomic mass is 16.5. The SMILES string of the molecule is Cc1noc(C)c1-c1cnc2c(-c3cnn(C)c3)cn([C@@H](c3ccccc3)c3ccccn3)c2c1. The van der Waals surface area contributed by atoms with E-state index in [1.807, 2.05) is 68.6 Å². The van der Waals surface area contributed by atoms with E-state index in [4.69, 9.17) is 14.5 Å². The minimum atomic E-state index is -0.132. The highest BCUT2D eigenvalue weighted by molar-refractivity contribution is 5.95. The van der Waals surface area contributed by atoms with E-state index in [-0.39, 0.29) is 6.04 Å². The molecule has 0 saturated heterocycles. The van der Waals surface area contributed by atoms with Crippen LogP contribution in [0.1, 0.15) is 28.8 Å². The lowest BCUT2D eigenvalue weighted by molar-refractivity contribution is 0.393. The maximum Gasteiger partial charge on any atom is 0.141 e. The second-order valence-corrected chi connectivity index (χ2v) is 8.71. The Morgan fingerprint density at radius 2 is 1.71 bits per heavy atom. The summed E-state index contributed by atoms with van der Waals surface area (Å²) < 4.78 is 9.53. The molecule has 0 spiro atoms. The molecule has 0 N–H and O–H groups in total. The fourth-order valence-electron chi connectivity index (χ4n) is 4.79. The first-order valence-corrected chi connectivity index (χ1v) is 11.5. The van der Waals surface area contributed by atoms with Gasteiger partial charge in [0.25, 0.3) is 0 Å². The Bertz CT molecular complexity index is 1570. The van der Waals surface area contributed by atoms with Crippen LogP contribution in [0.2, 0.25) is 0 Å². The van der Waals surface area contributed by atoms with Crippen molar-refractivity contribution in [1.82, 2.24) is 29.5 Å². The molecule has 35 heavy (non-hydrogen) atoms. The summed E-state index contributed by atoms with van der Waals surface area (Å²) in [4.78, 5) is 9.69. The summed E-state index contributed by atoms with van der Waals surface area (Å²) in [5.41, 5.74) is 8.84. The zero-order valence-corrected chi connectivity index (χ0v) is 19.8. The standard InChI is InChI=1S/C28H24N6O/c1-18-26(19(2)35-32-18)21-13-25-27(30-14-21)23(22-15-31-33(3)16-22)17-34(25)28(20-9-5-4-6-10-20)24-11-7-8-12-29-24/h4-17,28H,1-3H3/t28-/m0/s1. The van der Waals surface area contributed by atoms with Gasteiger partial charge in [-0.05, 0) is 37.6 Å². The summed E-state index contributed by atoms with van der Waals surface area (Å²) in [6.45, 7) is 3.89. The minimum Gasteiger partial charge on any atom is -0.361 e. The number of aryl methyl sites for hydroxylation is 3. The van der Waals surface area contributed by atoms with Gasteiger partial charge < -0.3 is 9.09 Å². The second-order valence-electron chi connectivity index (χ2n) is 8.71. The molecule has 5 heterocycles. The van der Waals surface area contributed by atoms with Gasteiger partial charge in [0.2, 0.25) is 0 Å². The molecule has 6 aromatic rings. The van der Waals surface area contributed by atoms with E-state index in [2.05, 4.69) is 57.4 Å². The maximum atomic E-state index is 5.45. The number of hydrogen-bond acceptors (Lipinski definition) is 5. The average Bonchev–Trinajstić information content (AvgIpc) is 3.57. The molecule has 1 atom stereocenters. The van der Waals surface area contributed by atoms with Crippen molar-refractivity contribution in [3.63, 3.8) is 0 Å². The first kappa shape index (κ1) is 21.0. The van der Waals surface area contributed by atoms with Crippen LogP contribution in [0.3, 0.4) is 0 Å². The number of aromatic nitrogens is 6. The molecular weight excluding hydrogens is 436 g/mol. The van der Waals surface area contributed by atoms with E-state index < -0.39 is 0 Å². The molecule has 0 bridgehead atoms. The number of rotatable bonds is 5. The summed E-state index contributed by atoms with van der Waals surface area (Å²) in [6.07, 6.45) is 9.80. The van der Waals surface area contributed by atoms with Crippen molar-refractivity contribution in [2.45, 2.75) is 19.9 Å². The van der Waals surface area contributed by atoms with E-state index in [0.29, 0.717) is 0 Å². The number of benzene rings is 1. The van der Waals surface area contributed by atoms with Crippen LogP contribution in [0, 0.1) is 13.8 Å². The molecule has 0 saturated carbocycles. The summed E-state index contributed by atoms with van der Waals surface area (Å²) >= 11 is 0. The Hall–Kier alpha value is -4.52. The zero-order chi connectivity index (χ0) is 23.9. The molecular formula is C28H24N6O. The summed E-state index contributed by atoms with van der Waals surface area (Å²) in [5.74, 6) is 0.776. The molecule has 7 heteroatoms. The molecule has 0 amide bonds. The predicted molar refractivity (Wildman–Crippen MR) is 135 cm³/mol. The Balaban J connectivity index is 1.66. The first-order valence-electron chi connectivity index (χ1n) is 11.5. The predicted octanol–water partition coefficient (Wildman–Crippen LogP) is 5.74. The summed E-state index contributed by atoms with van der Waals surface area (Å²) in [6, 6.07) is 18.5. The van der Waals surface area contributed by atoms with E-state index in [1.165, 1.54) is 0 Å². The molecule has 1 aromatic carbocycles. The van der Waals surface area contributed by atoms with Gasteiger partial charge in [0.1, 0.15) is 11.8 Å². The molecule has 6 rings (SSSR count). The van der Waals surface area contributed by atoms with E-state index in [0.717, 1.165) is 56.0 Å². The second kappa shape index (κ2) is 8.36. The molecule has 0 aliphatic heterocycles. The Labute approximate surface area is 202 Å². The number of nitrogens with zero attached hydrogens (tertiary/aromatic N) is 6. The van der Waals surface area contributed by atoms with Crippen LogP contribution in [0.5, 0.6) is 0 Å². The van der Waals surface area contributed by atoms with Crippen molar-refractivity contribution in [1.29, 1.82) is 0 Å². The normalized spacial score (nSPS) is 12.3. The molecule has 0 aliphatic carbocycles. The van der Waals surface area contributed by atoms with Crippen LogP contribution in [0.25, 0.3) is 33.3 Å². The molecule has 0 fully saturated rings. The van der Waals surface area contributed by atoms with Gasteiger partial charge in [-0.3, -0.25) is 14.6 Å². The van der Waals surface area contributed by atoms with Crippen molar-refractivity contribution in [2.24, 2.45) is 7.05 Å². The molecule has 0 radical (unpaired) electrons. The molecule has 7 nitrogen and oxygen atoms in total. The Kier molecular flexibility index (Phi) is 5.03. The van der Waals surface area contributed by atoms with E-state index >= 15 is 0 Å². The number of fused-ring (bicyclic) bond motifs is 1. The molecule has 0 unspecified atom stereocenters. The van der Waals surface area contributed by atoms with Gasteiger partial charge in [-0.1, -0.05) is 41.6 Å². The highest BCUT2D eigenvalue weighted by Gasteiger charge is 2.24. The Morgan fingerprint density at radius 1 is 0.886 bits per heavy atom. The van der Waals surface area contributed by atoms with Gasteiger partial charge in [0, 0.05) is 54.1 Å². The lowest BCUT2D eigenvalue weighted by Crippen LogP contribution is -2.12. The van der Waals surface area contributed by atoms with Crippen molar-refractivity contribution in [3.8, 4) is 22.3 Å². The average molecular weight is 461 g/mol. The van der Waals surface area contributed by atoms with E-state index in [1.54, 1.807) is 0 Å². The van der Waals surface area contributed by atoms with Crippen LogP contribution in [0.15, 0.2) is 90.1 Å². The van der Waals surface area contributed by atoms with Crippen LogP contribution >= 0.6 is 0 Å².